The van der Waals surface area contributed by atoms with Crippen LogP contribution in [-0.4, -0.2) is 5.84 Å². The molecule has 4 heteroatoms. The summed E-state index contributed by atoms with van der Waals surface area (Å²) in [5.74, 6) is 0.627. The fourth-order valence-electron chi connectivity index (χ4n) is 0.921. The Labute approximate surface area is 57.9 Å². The van der Waals surface area contributed by atoms with Gasteiger partial charge in [-0.3, -0.25) is 0 Å². The van der Waals surface area contributed by atoms with Gasteiger partial charge in [0.05, 0.1) is 12.4 Å². The average Bonchev–Trinajstić information content (AvgIpc) is 2.33. The molecule has 10 heavy (non-hydrogen) atoms. The molecule has 0 atom stereocenters. The topological polar surface area (TPSA) is 63.1 Å². The van der Waals surface area contributed by atoms with Gasteiger partial charge in [-0.1, -0.05) is 0 Å². The average molecular weight is 134 g/mol. The number of aliphatic imine (C=N–C) groups is 1. The standard InChI is InChI=1S/C6H6N4/c7-6-1-4-2-9-10-5(4)3-8-6/h2-3H,1H2,(H2,7,8). The maximum atomic E-state index is 5.47. The van der Waals surface area contributed by atoms with E-state index in [0.29, 0.717) is 12.3 Å². The van der Waals surface area contributed by atoms with Crippen molar-refractivity contribution in [2.45, 2.75) is 6.42 Å². The number of allylic oxidation sites excluding steroid dienone is 1. The molecular formula is C6H6N4. The van der Waals surface area contributed by atoms with Crippen molar-refractivity contribution >= 4 is 5.84 Å². The molecule has 0 aromatic rings. The van der Waals surface area contributed by atoms with Gasteiger partial charge in [-0.05, 0) is 0 Å². The number of azo groups is 1. The zero-order chi connectivity index (χ0) is 6.97. The van der Waals surface area contributed by atoms with Crippen molar-refractivity contribution in [1.29, 1.82) is 0 Å². The lowest BCUT2D eigenvalue weighted by molar-refractivity contribution is 1.14. The molecule has 0 aliphatic carbocycles. The van der Waals surface area contributed by atoms with Crippen molar-refractivity contribution in [1.82, 2.24) is 0 Å². The van der Waals surface area contributed by atoms with E-state index in [1.54, 1.807) is 12.4 Å². The van der Waals surface area contributed by atoms with Gasteiger partial charge in [-0.2, -0.15) is 5.11 Å². The van der Waals surface area contributed by atoms with Crippen LogP contribution in [0.15, 0.2) is 38.9 Å². The third-order valence-electron chi connectivity index (χ3n) is 1.43. The van der Waals surface area contributed by atoms with Gasteiger partial charge in [0, 0.05) is 12.0 Å². The lowest BCUT2D eigenvalue weighted by Crippen LogP contribution is -2.14. The van der Waals surface area contributed by atoms with Crippen molar-refractivity contribution in [2.24, 2.45) is 21.0 Å². The van der Waals surface area contributed by atoms with Gasteiger partial charge in [0.15, 0.2) is 0 Å². The third kappa shape index (κ3) is 0.655. The van der Waals surface area contributed by atoms with Crippen molar-refractivity contribution in [3.05, 3.63) is 23.7 Å². The van der Waals surface area contributed by atoms with E-state index in [4.69, 9.17) is 5.73 Å². The van der Waals surface area contributed by atoms with E-state index in [-0.39, 0.29) is 0 Å². The lowest BCUT2D eigenvalue weighted by Gasteiger charge is -2.05. The smallest absolute Gasteiger partial charge is 0.109 e. The second kappa shape index (κ2) is 1.76. The molecule has 0 fully saturated rings. The number of fused-ring (bicyclic) bond motifs is 1. The summed E-state index contributed by atoms with van der Waals surface area (Å²) in [6.45, 7) is 0. The highest BCUT2D eigenvalue weighted by atomic mass is 15.1. The van der Waals surface area contributed by atoms with Crippen LogP contribution >= 0.6 is 0 Å². The summed E-state index contributed by atoms with van der Waals surface area (Å²) in [4.78, 5) is 3.91. The molecule has 2 aliphatic heterocycles. The van der Waals surface area contributed by atoms with Gasteiger partial charge in [-0.15, -0.1) is 5.11 Å². The van der Waals surface area contributed by atoms with Crippen LogP contribution in [0.3, 0.4) is 0 Å². The lowest BCUT2D eigenvalue weighted by atomic mass is 10.1. The first-order valence-electron chi connectivity index (χ1n) is 2.99. The number of nitrogens with zero attached hydrogens (tertiary/aromatic N) is 3. The van der Waals surface area contributed by atoms with E-state index in [2.05, 4.69) is 15.2 Å². The van der Waals surface area contributed by atoms with Gasteiger partial charge in [0.1, 0.15) is 11.5 Å². The molecule has 0 spiro atoms. The largest absolute Gasteiger partial charge is 0.387 e. The molecule has 4 nitrogen and oxygen atoms in total. The van der Waals surface area contributed by atoms with Crippen molar-refractivity contribution in [3.8, 4) is 0 Å². The van der Waals surface area contributed by atoms with E-state index in [0.717, 1.165) is 11.3 Å². The predicted molar refractivity (Wildman–Crippen MR) is 37.3 cm³/mol. The monoisotopic (exact) mass is 134 g/mol. The number of amidine groups is 1. The molecule has 0 radical (unpaired) electrons. The number of hydrogen-bond acceptors (Lipinski definition) is 4. The quantitative estimate of drug-likeness (QED) is 0.526. The molecule has 2 aliphatic rings. The van der Waals surface area contributed by atoms with Gasteiger partial charge in [0.2, 0.25) is 0 Å². The Morgan fingerprint density at radius 3 is 3.20 bits per heavy atom. The Morgan fingerprint density at radius 2 is 2.30 bits per heavy atom. The molecule has 0 amide bonds. The van der Waals surface area contributed by atoms with E-state index in [1.165, 1.54) is 0 Å². The van der Waals surface area contributed by atoms with Crippen LogP contribution < -0.4 is 5.73 Å². The van der Waals surface area contributed by atoms with Crippen LogP contribution in [0.4, 0.5) is 0 Å². The highest BCUT2D eigenvalue weighted by molar-refractivity contribution is 5.85. The normalized spacial score (nSPS) is 21.4. The molecule has 0 saturated carbocycles. The SMILES string of the molecule is NC1=NC=C2N=NC=C2C1. The molecule has 0 aromatic carbocycles. The molecule has 2 heterocycles. The summed E-state index contributed by atoms with van der Waals surface area (Å²) in [6, 6.07) is 0. The maximum absolute atomic E-state index is 5.47. The van der Waals surface area contributed by atoms with E-state index < -0.39 is 0 Å². The minimum atomic E-state index is 0.627. The highest BCUT2D eigenvalue weighted by Gasteiger charge is 2.14. The number of hydrogen-bond donors (Lipinski definition) is 1. The first kappa shape index (κ1) is 5.34. The molecule has 2 rings (SSSR count). The van der Waals surface area contributed by atoms with Crippen LogP contribution in [0.1, 0.15) is 6.42 Å². The molecule has 0 bridgehead atoms. The van der Waals surface area contributed by atoms with Crippen molar-refractivity contribution < 1.29 is 0 Å². The molecular weight excluding hydrogens is 128 g/mol. The Hall–Kier alpha value is -1.45. The van der Waals surface area contributed by atoms with Crippen LogP contribution in [0.5, 0.6) is 0 Å². The number of rotatable bonds is 0. The molecule has 0 aromatic heterocycles. The summed E-state index contributed by atoms with van der Waals surface area (Å²) < 4.78 is 0. The first-order valence-corrected chi connectivity index (χ1v) is 2.99. The summed E-state index contributed by atoms with van der Waals surface area (Å²) in [5.41, 5.74) is 7.38. The summed E-state index contributed by atoms with van der Waals surface area (Å²) in [7, 11) is 0. The second-order valence-electron chi connectivity index (χ2n) is 2.18. The molecule has 2 N–H and O–H groups in total. The molecule has 0 unspecified atom stereocenters. The minimum Gasteiger partial charge on any atom is -0.387 e. The Morgan fingerprint density at radius 1 is 1.40 bits per heavy atom. The van der Waals surface area contributed by atoms with Crippen molar-refractivity contribution in [2.75, 3.05) is 0 Å². The highest BCUT2D eigenvalue weighted by Crippen LogP contribution is 2.24. The summed E-state index contributed by atoms with van der Waals surface area (Å²) in [6.07, 6.45) is 4.04. The summed E-state index contributed by atoms with van der Waals surface area (Å²) in [5, 5.41) is 7.55. The Bertz CT molecular complexity index is 282. The van der Waals surface area contributed by atoms with Gasteiger partial charge < -0.3 is 5.73 Å². The zero-order valence-electron chi connectivity index (χ0n) is 5.28. The van der Waals surface area contributed by atoms with Crippen LogP contribution in [-0.2, 0) is 0 Å². The van der Waals surface area contributed by atoms with Gasteiger partial charge >= 0.3 is 0 Å². The van der Waals surface area contributed by atoms with Crippen LogP contribution in [0.25, 0.3) is 0 Å². The Kier molecular flexibility index (Phi) is 0.943. The fourth-order valence-corrected chi connectivity index (χ4v) is 0.921. The molecule has 0 saturated heterocycles. The third-order valence-corrected chi connectivity index (χ3v) is 1.43. The maximum Gasteiger partial charge on any atom is 0.109 e. The van der Waals surface area contributed by atoms with Crippen LogP contribution in [0.2, 0.25) is 0 Å². The number of nitrogens with two attached hydrogens (primary N) is 1. The van der Waals surface area contributed by atoms with E-state index >= 15 is 0 Å². The zero-order valence-corrected chi connectivity index (χ0v) is 5.28. The predicted octanol–water partition coefficient (Wildman–Crippen LogP) is 0.938. The fraction of sp³-hybridized carbons (Fsp3) is 0.167. The van der Waals surface area contributed by atoms with Crippen LogP contribution in [0, 0.1) is 0 Å². The summed E-state index contributed by atoms with van der Waals surface area (Å²) >= 11 is 0. The first-order chi connectivity index (χ1) is 4.86. The van der Waals surface area contributed by atoms with Crippen molar-refractivity contribution in [3.63, 3.8) is 0 Å². The van der Waals surface area contributed by atoms with E-state index in [1.807, 2.05) is 0 Å². The Balaban J connectivity index is 2.42. The van der Waals surface area contributed by atoms with E-state index in [9.17, 15) is 0 Å². The minimum absolute atomic E-state index is 0.627. The van der Waals surface area contributed by atoms with Gasteiger partial charge in [-0.25, -0.2) is 4.99 Å². The second-order valence-corrected chi connectivity index (χ2v) is 2.18. The van der Waals surface area contributed by atoms with Gasteiger partial charge in [0.25, 0.3) is 0 Å². The molecule has 50 valence electrons.